The topological polar surface area (TPSA) is 122 Å². The van der Waals surface area contributed by atoms with Crippen LogP contribution in [0, 0.1) is 15.9 Å². The molecule has 0 aliphatic carbocycles. The number of aromatic nitrogens is 3. The molecule has 13 heteroatoms. The molecule has 39 heavy (non-hydrogen) atoms. The van der Waals surface area contributed by atoms with Gasteiger partial charge in [0.2, 0.25) is 0 Å². The van der Waals surface area contributed by atoms with Crippen molar-refractivity contribution in [1.82, 2.24) is 19.7 Å². The largest absolute Gasteiger partial charge is 0.453 e. The minimum atomic E-state index is -0.835. The average molecular weight is 558 g/mol. The molecule has 3 aromatic heterocycles. The first kappa shape index (κ1) is 27.9. The van der Waals surface area contributed by atoms with Crippen molar-refractivity contribution in [3.05, 3.63) is 64.9 Å². The van der Waals surface area contributed by atoms with Crippen LogP contribution in [0.25, 0.3) is 20.7 Å². The summed E-state index contributed by atoms with van der Waals surface area (Å²) in [5.74, 6) is -0.584. The Hall–Kier alpha value is -4.10. The van der Waals surface area contributed by atoms with Crippen LogP contribution in [0.1, 0.15) is 20.8 Å². The molecule has 206 valence electrons. The maximum atomic E-state index is 14.4. The number of nitrogens with zero attached hydrogens (tertiary/aromatic N) is 5. The van der Waals surface area contributed by atoms with E-state index in [2.05, 4.69) is 10.1 Å². The SMILES string of the molecule is COCCN(CCn1cc(-c2cc3nccc(Oc4ccc([N+](=O)[O-])cc4F)c3s2)cn1)C(=O)OC(C)(C)C. The van der Waals surface area contributed by atoms with E-state index in [1.807, 2.05) is 33.0 Å². The number of nitro groups is 1. The fourth-order valence-corrected chi connectivity index (χ4v) is 4.64. The number of benzene rings is 1. The number of methoxy groups -OCH3 is 1. The highest BCUT2D eigenvalue weighted by molar-refractivity contribution is 7.22. The van der Waals surface area contributed by atoms with Gasteiger partial charge in [0, 0.05) is 55.2 Å². The predicted molar refractivity (Wildman–Crippen MR) is 144 cm³/mol. The Balaban J connectivity index is 1.49. The monoisotopic (exact) mass is 557 g/mol. The lowest BCUT2D eigenvalue weighted by atomic mass is 10.2. The van der Waals surface area contributed by atoms with Crippen molar-refractivity contribution in [2.45, 2.75) is 32.9 Å². The molecule has 0 saturated carbocycles. The second-order valence-electron chi connectivity index (χ2n) is 9.56. The van der Waals surface area contributed by atoms with Crippen LogP contribution in [-0.2, 0) is 16.0 Å². The van der Waals surface area contributed by atoms with Gasteiger partial charge in [0.15, 0.2) is 11.6 Å². The number of fused-ring (bicyclic) bond motifs is 1. The summed E-state index contributed by atoms with van der Waals surface area (Å²) in [4.78, 5) is 29.6. The highest BCUT2D eigenvalue weighted by atomic mass is 32.1. The van der Waals surface area contributed by atoms with Crippen molar-refractivity contribution < 1.29 is 28.3 Å². The number of carbonyl (C=O) groups is 1. The van der Waals surface area contributed by atoms with Crippen LogP contribution >= 0.6 is 11.3 Å². The molecule has 0 spiro atoms. The zero-order valence-electron chi connectivity index (χ0n) is 21.9. The summed E-state index contributed by atoms with van der Waals surface area (Å²) in [7, 11) is 1.58. The molecule has 0 atom stereocenters. The number of amides is 1. The molecule has 0 bridgehead atoms. The van der Waals surface area contributed by atoms with Crippen LogP contribution in [0.15, 0.2) is 48.9 Å². The Morgan fingerprint density at radius 1 is 1.21 bits per heavy atom. The van der Waals surface area contributed by atoms with Gasteiger partial charge >= 0.3 is 6.09 Å². The van der Waals surface area contributed by atoms with Gasteiger partial charge < -0.3 is 19.1 Å². The number of thiophene rings is 1. The number of nitro benzene ring substituents is 1. The summed E-state index contributed by atoms with van der Waals surface area (Å²) < 4.78 is 33.2. The number of rotatable bonds is 10. The lowest BCUT2D eigenvalue weighted by Crippen LogP contribution is -2.40. The molecule has 4 rings (SSSR count). The van der Waals surface area contributed by atoms with Crippen LogP contribution in [0.4, 0.5) is 14.9 Å². The molecule has 1 aromatic carbocycles. The first-order valence-corrected chi connectivity index (χ1v) is 12.9. The summed E-state index contributed by atoms with van der Waals surface area (Å²) >= 11 is 1.40. The Kier molecular flexibility index (Phi) is 8.41. The number of halogens is 1. The first-order valence-electron chi connectivity index (χ1n) is 12.0. The molecule has 0 aliphatic rings. The smallest absolute Gasteiger partial charge is 0.410 e. The minimum absolute atomic E-state index is 0.126. The van der Waals surface area contributed by atoms with Gasteiger partial charge in [0.1, 0.15) is 11.4 Å². The van der Waals surface area contributed by atoms with E-state index < -0.39 is 22.4 Å². The van der Waals surface area contributed by atoms with Gasteiger partial charge in [0.25, 0.3) is 5.69 Å². The fourth-order valence-electron chi connectivity index (χ4n) is 3.60. The van der Waals surface area contributed by atoms with E-state index in [4.69, 9.17) is 14.2 Å². The standard InChI is InChI=1S/C26H28FN5O6S/c1-26(2,3)38-25(33)30(11-12-36-4)9-10-31-16-17(15-29-31)23-14-20-24(39-23)22(7-8-28-20)37-21-6-5-18(32(34)35)13-19(21)27/h5-8,13-16H,9-12H2,1-4H3. The maximum absolute atomic E-state index is 14.4. The Morgan fingerprint density at radius 3 is 2.69 bits per heavy atom. The third kappa shape index (κ3) is 7.06. The number of pyridine rings is 1. The second kappa shape index (κ2) is 11.7. The molecule has 0 radical (unpaired) electrons. The number of ether oxygens (including phenoxy) is 3. The predicted octanol–water partition coefficient (Wildman–Crippen LogP) is 5.88. The van der Waals surface area contributed by atoms with Crippen molar-refractivity contribution in [2.75, 3.05) is 26.8 Å². The van der Waals surface area contributed by atoms with E-state index in [1.165, 1.54) is 23.5 Å². The van der Waals surface area contributed by atoms with Gasteiger partial charge in [-0.2, -0.15) is 5.10 Å². The van der Waals surface area contributed by atoms with Gasteiger partial charge in [0.05, 0.1) is 40.6 Å². The quantitative estimate of drug-likeness (QED) is 0.175. The van der Waals surface area contributed by atoms with Crippen molar-refractivity contribution in [1.29, 1.82) is 0 Å². The molecular weight excluding hydrogens is 529 g/mol. The maximum Gasteiger partial charge on any atom is 0.410 e. The van der Waals surface area contributed by atoms with E-state index in [0.717, 1.165) is 16.5 Å². The molecule has 11 nitrogen and oxygen atoms in total. The Morgan fingerprint density at radius 2 is 2.00 bits per heavy atom. The molecule has 0 saturated heterocycles. The summed E-state index contributed by atoms with van der Waals surface area (Å²) in [6.45, 7) is 7.05. The van der Waals surface area contributed by atoms with Crippen LogP contribution < -0.4 is 4.74 Å². The summed E-state index contributed by atoms with van der Waals surface area (Å²) in [6, 6.07) is 6.72. The van der Waals surface area contributed by atoms with Crippen molar-refractivity contribution in [2.24, 2.45) is 0 Å². The molecule has 0 unspecified atom stereocenters. The van der Waals surface area contributed by atoms with Crippen molar-refractivity contribution in [3.63, 3.8) is 0 Å². The molecule has 0 N–H and O–H groups in total. The van der Waals surface area contributed by atoms with Crippen LogP contribution in [0.3, 0.4) is 0 Å². The van der Waals surface area contributed by atoms with Gasteiger partial charge in [-0.05, 0) is 32.9 Å². The van der Waals surface area contributed by atoms with Crippen LogP contribution in [-0.4, -0.2) is 63.1 Å². The van der Waals surface area contributed by atoms with Gasteiger partial charge in [-0.25, -0.2) is 9.18 Å². The van der Waals surface area contributed by atoms with Crippen LogP contribution in [0.2, 0.25) is 0 Å². The highest BCUT2D eigenvalue weighted by Gasteiger charge is 2.22. The fraction of sp³-hybridized carbons (Fsp3) is 0.346. The van der Waals surface area contributed by atoms with E-state index >= 15 is 0 Å². The van der Waals surface area contributed by atoms with Gasteiger partial charge in [-0.3, -0.25) is 19.8 Å². The minimum Gasteiger partial charge on any atom is -0.453 e. The summed E-state index contributed by atoms with van der Waals surface area (Å²) in [5, 5.41) is 15.3. The third-order valence-corrected chi connectivity index (χ3v) is 6.64. The number of hydrogen-bond acceptors (Lipinski definition) is 9. The van der Waals surface area contributed by atoms with Gasteiger partial charge in [-0.1, -0.05) is 0 Å². The van der Waals surface area contributed by atoms with Crippen molar-refractivity contribution >= 4 is 33.3 Å². The van der Waals surface area contributed by atoms with E-state index in [1.54, 1.807) is 35.2 Å². The van der Waals surface area contributed by atoms with E-state index in [-0.39, 0.29) is 11.4 Å². The lowest BCUT2D eigenvalue weighted by molar-refractivity contribution is -0.385. The Labute approximate surface area is 227 Å². The number of hydrogen-bond donors (Lipinski definition) is 0. The zero-order chi connectivity index (χ0) is 28.2. The lowest BCUT2D eigenvalue weighted by Gasteiger charge is -2.27. The molecule has 3 heterocycles. The first-order chi connectivity index (χ1) is 18.5. The molecular formula is C26H28FN5O6S. The van der Waals surface area contributed by atoms with Crippen LogP contribution in [0.5, 0.6) is 11.5 Å². The second-order valence-corrected chi connectivity index (χ2v) is 10.6. The molecule has 0 fully saturated rings. The summed E-state index contributed by atoms with van der Waals surface area (Å²) in [6.07, 6.45) is 4.71. The number of carbonyl (C=O) groups excluding carboxylic acids is 1. The molecule has 0 aliphatic heterocycles. The van der Waals surface area contributed by atoms with Crippen molar-refractivity contribution in [3.8, 4) is 21.9 Å². The highest BCUT2D eigenvalue weighted by Crippen LogP contribution is 2.39. The van der Waals surface area contributed by atoms with E-state index in [0.29, 0.717) is 42.2 Å². The number of non-ortho nitro benzene ring substituents is 1. The van der Waals surface area contributed by atoms with Gasteiger partial charge in [-0.15, -0.1) is 11.3 Å². The zero-order valence-corrected chi connectivity index (χ0v) is 22.7. The van der Waals surface area contributed by atoms with E-state index in [9.17, 15) is 19.3 Å². The molecule has 1 amide bonds. The summed E-state index contributed by atoms with van der Waals surface area (Å²) in [5.41, 5.74) is 0.524. The normalized spacial score (nSPS) is 11.5. The Bertz CT molecular complexity index is 1480. The molecule has 4 aromatic rings. The average Bonchev–Trinajstić information content (AvgIpc) is 3.51. The third-order valence-electron chi connectivity index (χ3n) is 5.46.